The molecule has 6 heteroatoms. The van der Waals surface area contributed by atoms with Gasteiger partial charge in [0.15, 0.2) is 0 Å². The highest BCUT2D eigenvalue weighted by atomic mass is 127. The van der Waals surface area contributed by atoms with E-state index in [0.29, 0.717) is 0 Å². The lowest BCUT2D eigenvalue weighted by atomic mass is 10.8. The molecule has 5 nitrogen and oxygen atoms in total. The number of hydrogen-bond donors (Lipinski definition) is 3. The molecule has 2 unspecified atom stereocenters. The summed E-state index contributed by atoms with van der Waals surface area (Å²) in [5.41, 5.74) is 2.28. The first-order valence-corrected chi connectivity index (χ1v) is 3.74. The summed E-state index contributed by atoms with van der Waals surface area (Å²) in [7, 11) is 1.45. The summed E-state index contributed by atoms with van der Waals surface area (Å²) in [4.78, 5) is 0. The molecule has 0 aromatic rings. The van der Waals surface area contributed by atoms with E-state index in [1.807, 2.05) is 6.92 Å². The lowest BCUT2D eigenvalue weighted by Crippen LogP contribution is -3.14. The predicted octanol–water partition coefficient (Wildman–Crippen LogP) is -1.62. The third-order valence-electron chi connectivity index (χ3n) is 0.834. The fraction of sp³-hybridized carbons (Fsp3) is 1.00. The molecule has 56 valence electrons. The molecule has 0 radical (unpaired) electrons. The lowest BCUT2D eigenvalue weighted by Gasteiger charge is -2.30. The number of hydrazine groups is 2. The lowest BCUT2D eigenvalue weighted by molar-refractivity contribution is -0.964. The van der Waals surface area contributed by atoms with Crippen molar-refractivity contribution in [1.82, 2.24) is 10.7 Å². The van der Waals surface area contributed by atoms with Gasteiger partial charge < -0.3 is 5.21 Å². The van der Waals surface area contributed by atoms with E-state index < -0.39 is 0 Å². The van der Waals surface area contributed by atoms with Crippen LogP contribution in [0.4, 0.5) is 0 Å². The average Bonchev–Trinajstić information content (AvgIpc) is 1.64. The van der Waals surface area contributed by atoms with Gasteiger partial charge in [-0.25, -0.2) is 0 Å². The van der Waals surface area contributed by atoms with E-state index in [1.165, 1.54) is 12.2 Å². The second-order valence-corrected chi connectivity index (χ2v) is 3.39. The number of quaternary nitrogens is 1. The van der Waals surface area contributed by atoms with Crippen LogP contribution in [0.5, 0.6) is 0 Å². The zero-order valence-corrected chi connectivity index (χ0v) is 7.55. The van der Waals surface area contributed by atoms with Crippen molar-refractivity contribution < 1.29 is 5.17 Å². The number of nitrogens with two attached hydrogens (primary N) is 1. The molecule has 0 aliphatic rings. The summed E-state index contributed by atoms with van der Waals surface area (Å²) in [6.45, 7) is 1.86. The Bertz CT molecular complexity index is 70.2. The van der Waals surface area contributed by atoms with Crippen LogP contribution in [0.1, 0.15) is 6.92 Å². The summed E-state index contributed by atoms with van der Waals surface area (Å²) in [6.07, 6.45) is 0. The van der Waals surface area contributed by atoms with Crippen molar-refractivity contribution in [1.29, 1.82) is 0 Å². The number of hydroxylamine groups is 1. The van der Waals surface area contributed by atoms with Crippen LogP contribution in [0.2, 0.25) is 0 Å². The van der Waals surface area contributed by atoms with E-state index in [1.54, 1.807) is 0 Å². The van der Waals surface area contributed by atoms with Crippen LogP contribution in [0.15, 0.2) is 0 Å². The van der Waals surface area contributed by atoms with Gasteiger partial charge in [-0.1, -0.05) is 27.7 Å². The molecule has 0 spiro atoms. The maximum atomic E-state index is 10.6. The van der Waals surface area contributed by atoms with Gasteiger partial charge in [0.1, 0.15) is 4.05 Å². The minimum atomic E-state index is -0.0839. The number of alkyl halides is 1. The second kappa shape index (κ2) is 4.36. The Labute approximate surface area is 67.8 Å². The Morgan fingerprint density at radius 3 is 2.33 bits per heavy atom. The van der Waals surface area contributed by atoms with Crippen molar-refractivity contribution in [2.24, 2.45) is 5.84 Å². The van der Waals surface area contributed by atoms with Gasteiger partial charge in [0, 0.05) is 0 Å². The first kappa shape index (κ1) is 9.53. The molecule has 0 aromatic heterocycles. The number of halogens is 1. The molecular weight excluding hydrogens is 235 g/mol. The SMILES string of the molecule is CC(I)N(NN)[NH+](C)[O-]. The van der Waals surface area contributed by atoms with Gasteiger partial charge in [-0.15, -0.1) is 5.53 Å². The van der Waals surface area contributed by atoms with Gasteiger partial charge in [-0.3, -0.25) is 11.0 Å². The maximum Gasteiger partial charge on any atom is 0.125 e. The molecule has 0 saturated heterocycles. The van der Waals surface area contributed by atoms with E-state index >= 15 is 0 Å². The normalized spacial score (nSPS) is 18.0. The van der Waals surface area contributed by atoms with Crippen molar-refractivity contribution in [2.75, 3.05) is 7.05 Å². The van der Waals surface area contributed by atoms with Crippen LogP contribution in [0.3, 0.4) is 0 Å². The molecule has 9 heavy (non-hydrogen) atoms. The highest BCUT2D eigenvalue weighted by Crippen LogP contribution is 1.96. The smallest absolute Gasteiger partial charge is 0.125 e. The van der Waals surface area contributed by atoms with E-state index in [0.717, 1.165) is 0 Å². The summed E-state index contributed by atoms with van der Waals surface area (Å²) in [5, 5.41) is 11.8. The molecular formula is C3H11IN4O. The Hall–Kier alpha value is 0.530. The third-order valence-corrected chi connectivity index (χ3v) is 1.39. The number of hydrogen-bond acceptors (Lipinski definition) is 4. The molecule has 0 bridgehead atoms. The molecule has 0 aliphatic heterocycles. The molecule has 0 amide bonds. The van der Waals surface area contributed by atoms with Crippen LogP contribution >= 0.6 is 22.6 Å². The van der Waals surface area contributed by atoms with Gasteiger partial charge >= 0.3 is 0 Å². The number of nitrogens with one attached hydrogen (secondary N) is 2. The van der Waals surface area contributed by atoms with E-state index in [4.69, 9.17) is 5.84 Å². The topological polar surface area (TPSA) is 68.8 Å². The fourth-order valence-electron chi connectivity index (χ4n) is 0.444. The summed E-state index contributed by atoms with van der Waals surface area (Å²) in [5.74, 6) is 5.02. The first-order chi connectivity index (χ1) is 4.09. The van der Waals surface area contributed by atoms with Gasteiger partial charge in [-0.2, -0.15) is 0 Å². The minimum Gasteiger partial charge on any atom is -0.612 e. The van der Waals surface area contributed by atoms with E-state index in [2.05, 4.69) is 28.1 Å². The molecule has 4 N–H and O–H groups in total. The Morgan fingerprint density at radius 2 is 2.33 bits per heavy atom. The van der Waals surface area contributed by atoms with Crippen molar-refractivity contribution in [3.63, 3.8) is 0 Å². The van der Waals surface area contributed by atoms with Crippen LogP contribution in [-0.2, 0) is 0 Å². The summed E-state index contributed by atoms with van der Waals surface area (Å²) >= 11 is 2.08. The number of nitrogens with zero attached hydrogens (tertiary/aromatic N) is 1. The standard InChI is InChI=1S/C3H11IN4O/c1-3(4)8(6-5)7(2)9/h3,6-7H,5H2,1-2H3. The van der Waals surface area contributed by atoms with Crippen molar-refractivity contribution in [3.05, 3.63) is 5.21 Å². The zero-order chi connectivity index (χ0) is 7.44. The molecule has 0 aliphatic carbocycles. The third kappa shape index (κ3) is 3.28. The van der Waals surface area contributed by atoms with Gasteiger partial charge in [-0.05, 0) is 6.92 Å². The molecule has 0 rings (SSSR count). The van der Waals surface area contributed by atoms with Crippen molar-refractivity contribution in [3.8, 4) is 0 Å². The molecule has 0 saturated carbocycles. The van der Waals surface area contributed by atoms with Crippen molar-refractivity contribution in [2.45, 2.75) is 11.0 Å². The molecule has 0 heterocycles. The second-order valence-electron chi connectivity index (χ2n) is 1.59. The summed E-state index contributed by atoms with van der Waals surface area (Å²) in [6, 6.07) is 0. The Morgan fingerprint density at radius 1 is 1.89 bits per heavy atom. The zero-order valence-electron chi connectivity index (χ0n) is 5.39. The minimum absolute atomic E-state index is 0.0742. The van der Waals surface area contributed by atoms with Gasteiger partial charge in [0.25, 0.3) is 0 Å². The van der Waals surface area contributed by atoms with Crippen LogP contribution in [0.25, 0.3) is 0 Å². The van der Waals surface area contributed by atoms with E-state index in [-0.39, 0.29) is 9.22 Å². The van der Waals surface area contributed by atoms with Crippen LogP contribution in [0, 0.1) is 5.21 Å². The first-order valence-electron chi connectivity index (χ1n) is 2.49. The molecule has 2 atom stereocenters. The molecule has 0 fully saturated rings. The largest absolute Gasteiger partial charge is 0.612 e. The molecule has 0 aromatic carbocycles. The monoisotopic (exact) mass is 246 g/mol. The van der Waals surface area contributed by atoms with E-state index in [9.17, 15) is 5.21 Å². The average molecular weight is 246 g/mol. The summed E-state index contributed by atoms with van der Waals surface area (Å²) < 4.78 is 0.0742. The quantitative estimate of drug-likeness (QED) is 0.184. The maximum absolute atomic E-state index is 10.6. The predicted molar refractivity (Wildman–Crippen MR) is 42.9 cm³/mol. The highest BCUT2D eigenvalue weighted by Gasteiger charge is 2.11. The van der Waals surface area contributed by atoms with Crippen LogP contribution in [-0.4, -0.2) is 16.2 Å². The highest BCUT2D eigenvalue weighted by molar-refractivity contribution is 14.1. The Balaban J connectivity index is 3.68. The van der Waals surface area contributed by atoms with Gasteiger partial charge in [0.05, 0.1) is 7.05 Å². The number of rotatable bonds is 3. The van der Waals surface area contributed by atoms with Crippen molar-refractivity contribution >= 4 is 22.6 Å². The Kier molecular flexibility index (Phi) is 4.62. The fourth-order valence-corrected chi connectivity index (χ4v) is 0.997. The van der Waals surface area contributed by atoms with Gasteiger partial charge in [0.2, 0.25) is 0 Å². The van der Waals surface area contributed by atoms with Crippen LogP contribution < -0.4 is 16.5 Å².